The van der Waals surface area contributed by atoms with E-state index in [0.29, 0.717) is 24.4 Å². The molecule has 1 amide bonds. The Kier molecular flexibility index (Phi) is 6.20. The third-order valence-electron chi connectivity index (χ3n) is 4.91. The van der Waals surface area contributed by atoms with E-state index in [1.54, 1.807) is 30.3 Å². The minimum atomic E-state index is -3.66. The van der Waals surface area contributed by atoms with Gasteiger partial charge in [-0.25, -0.2) is 13.1 Å². The summed E-state index contributed by atoms with van der Waals surface area (Å²) in [7, 11) is -3.66. The molecule has 0 fully saturated rings. The lowest BCUT2D eigenvalue weighted by molar-refractivity contribution is -0.117. The predicted molar refractivity (Wildman–Crippen MR) is 116 cm³/mol. The molecule has 31 heavy (non-hydrogen) atoms. The van der Waals surface area contributed by atoms with Crippen molar-refractivity contribution < 1.29 is 22.4 Å². The number of rotatable bonds is 7. The smallest absolute Gasteiger partial charge is 0.244 e. The molecule has 2 heterocycles. The molecule has 1 aliphatic rings. The normalized spacial score (nSPS) is 15.9. The maximum atomic E-state index is 12.4. The van der Waals surface area contributed by atoms with Crippen molar-refractivity contribution in [3.63, 3.8) is 0 Å². The van der Waals surface area contributed by atoms with E-state index in [2.05, 4.69) is 10.0 Å². The second-order valence-corrected chi connectivity index (χ2v) is 8.81. The van der Waals surface area contributed by atoms with Crippen LogP contribution in [0.1, 0.15) is 29.3 Å². The minimum absolute atomic E-state index is 0.0759. The van der Waals surface area contributed by atoms with Crippen LogP contribution in [-0.2, 0) is 21.4 Å². The molecule has 0 spiro atoms. The average Bonchev–Trinajstić information content (AvgIpc) is 3.31. The lowest BCUT2D eigenvalue weighted by atomic mass is 10.0. The topological polar surface area (TPSA) is 97.6 Å². The molecule has 8 heteroatoms. The van der Waals surface area contributed by atoms with Crippen molar-refractivity contribution in [3.8, 4) is 5.75 Å². The number of hydrogen-bond acceptors (Lipinski definition) is 5. The Labute approximate surface area is 180 Å². The van der Waals surface area contributed by atoms with Gasteiger partial charge in [-0.3, -0.25) is 4.79 Å². The number of amides is 1. The van der Waals surface area contributed by atoms with E-state index in [1.165, 1.54) is 24.5 Å². The minimum Gasteiger partial charge on any atom is -0.493 e. The molecular formula is C23H22N2O5S. The van der Waals surface area contributed by atoms with E-state index in [-0.39, 0.29) is 23.4 Å². The van der Waals surface area contributed by atoms with Crippen LogP contribution in [0.25, 0.3) is 6.08 Å². The third-order valence-corrected chi connectivity index (χ3v) is 6.33. The number of nitrogens with one attached hydrogen (secondary N) is 2. The fourth-order valence-electron chi connectivity index (χ4n) is 3.30. The first kappa shape index (κ1) is 20.9. The van der Waals surface area contributed by atoms with E-state index in [0.717, 1.165) is 11.3 Å². The van der Waals surface area contributed by atoms with Gasteiger partial charge >= 0.3 is 0 Å². The number of benzene rings is 2. The highest BCUT2D eigenvalue weighted by Gasteiger charge is 2.21. The fourth-order valence-corrected chi connectivity index (χ4v) is 4.30. The van der Waals surface area contributed by atoms with Gasteiger partial charge in [0, 0.05) is 18.1 Å². The van der Waals surface area contributed by atoms with Gasteiger partial charge in [0.2, 0.25) is 15.9 Å². The number of para-hydroxylation sites is 1. The summed E-state index contributed by atoms with van der Waals surface area (Å²) in [6.07, 6.45) is 5.28. The van der Waals surface area contributed by atoms with Gasteiger partial charge in [0.05, 0.1) is 30.4 Å². The first-order valence-electron chi connectivity index (χ1n) is 9.84. The number of ether oxygens (including phenoxy) is 1. The molecule has 7 nitrogen and oxygen atoms in total. The maximum Gasteiger partial charge on any atom is 0.244 e. The molecule has 2 aromatic carbocycles. The summed E-state index contributed by atoms with van der Waals surface area (Å²) in [5.41, 5.74) is 1.68. The molecule has 0 radical (unpaired) electrons. The van der Waals surface area contributed by atoms with E-state index >= 15 is 0 Å². The second kappa shape index (κ2) is 9.20. The zero-order chi connectivity index (χ0) is 21.7. The number of carbonyl (C=O) groups is 1. The van der Waals surface area contributed by atoms with Crippen LogP contribution in [0.3, 0.4) is 0 Å². The Hall–Kier alpha value is -3.36. The molecule has 2 N–H and O–H groups in total. The summed E-state index contributed by atoms with van der Waals surface area (Å²) in [4.78, 5) is 12.5. The van der Waals surface area contributed by atoms with E-state index in [1.807, 2.05) is 24.3 Å². The van der Waals surface area contributed by atoms with Gasteiger partial charge < -0.3 is 14.5 Å². The fraction of sp³-hybridized carbons (Fsp3) is 0.174. The van der Waals surface area contributed by atoms with Gasteiger partial charge in [0.1, 0.15) is 11.5 Å². The summed E-state index contributed by atoms with van der Waals surface area (Å²) in [6.45, 7) is 0.627. The van der Waals surface area contributed by atoms with Crippen LogP contribution < -0.4 is 14.8 Å². The van der Waals surface area contributed by atoms with Crippen molar-refractivity contribution in [1.29, 1.82) is 0 Å². The van der Waals surface area contributed by atoms with Gasteiger partial charge in [-0.1, -0.05) is 30.3 Å². The summed E-state index contributed by atoms with van der Waals surface area (Å²) in [5.74, 6) is 1.10. The molecule has 0 saturated carbocycles. The highest BCUT2D eigenvalue weighted by atomic mass is 32.2. The number of furan rings is 1. The summed E-state index contributed by atoms with van der Waals surface area (Å²) in [5, 5.41) is 2.99. The Morgan fingerprint density at radius 1 is 1.06 bits per heavy atom. The van der Waals surface area contributed by atoms with Crippen LogP contribution in [-0.4, -0.2) is 20.9 Å². The first-order chi connectivity index (χ1) is 15.0. The second-order valence-electron chi connectivity index (χ2n) is 7.04. The molecule has 4 rings (SSSR count). The van der Waals surface area contributed by atoms with Crippen molar-refractivity contribution >= 4 is 22.0 Å². The number of sulfonamides is 1. The summed E-state index contributed by atoms with van der Waals surface area (Å²) in [6, 6.07) is 17.2. The zero-order valence-corrected chi connectivity index (χ0v) is 17.5. The van der Waals surface area contributed by atoms with Gasteiger partial charge in [0.25, 0.3) is 0 Å². The maximum absolute atomic E-state index is 12.4. The van der Waals surface area contributed by atoms with Crippen LogP contribution in [0.4, 0.5) is 0 Å². The lowest BCUT2D eigenvalue weighted by Gasteiger charge is -2.26. The molecule has 1 aliphatic heterocycles. The lowest BCUT2D eigenvalue weighted by Crippen LogP contribution is -2.30. The molecule has 3 aromatic rings. The Bertz CT molecular complexity index is 1170. The highest BCUT2D eigenvalue weighted by Crippen LogP contribution is 2.31. The van der Waals surface area contributed by atoms with Gasteiger partial charge in [-0.05, 0) is 42.0 Å². The van der Waals surface area contributed by atoms with E-state index in [9.17, 15) is 13.2 Å². The van der Waals surface area contributed by atoms with Crippen LogP contribution in [0.15, 0.2) is 82.3 Å². The van der Waals surface area contributed by atoms with Crippen molar-refractivity contribution in [3.05, 3.63) is 89.9 Å². The summed E-state index contributed by atoms with van der Waals surface area (Å²) >= 11 is 0. The van der Waals surface area contributed by atoms with Crippen molar-refractivity contribution in [2.24, 2.45) is 0 Å². The predicted octanol–water partition coefficient (Wildman–Crippen LogP) is 3.41. The SMILES string of the molecule is O=C(/C=C/c1ccc(S(=O)(=O)NCc2ccco2)cc1)NC1CCOc2ccccc21. The first-order valence-corrected chi connectivity index (χ1v) is 11.3. The number of hydrogen-bond donors (Lipinski definition) is 2. The Morgan fingerprint density at radius 2 is 1.87 bits per heavy atom. The van der Waals surface area contributed by atoms with Crippen LogP contribution in [0.5, 0.6) is 5.75 Å². The van der Waals surface area contributed by atoms with Crippen molar-refractivity contribution in [1.82, 2.24) is 10.0 Å². The summed E-state index contributed by atoms with van der Waals surface area (Å²) < 4.78 is 38.0. The molecule has 0 aliphatic carbocycles. The van der Waals surface area contributed by atoms with E-state index in [4.69, 9.17) is 9.15 Å². The molecule has 1 atom stereocenters. The standard InChI is InChI=1S/C23H22N2O5S/c26-23(25-21-13-15-30-22-6-2-1-5-20(21)22)12-9-17-7-10-19(11-8-17)31(27,28)24-16-18-4-3-14-29-18/h1-12,14,21,24H,13,15-16H2,(H,25,26)/b12-9+. The molecule has 0 saturated heterocycles. The van der Waals surface area contributed by atoms with Gasteiger partial charge in [-0.15, -0.1) is 0 Å². The monoisotopic (exact) mass is 438 g/mol. The largest absolute Gasteiger partial charge is 0.493 e. The number of carbonyl (C=O) groups excluding carboxylic acids is 1. The molecule has 1 aromatic heterocycles. The zero-order valence-electron chi connectivity index (χ0n) is 16.7. The van der Waals surface area contributed by atoms with Crippen LogP contribution in [0, 0.1) is 0 Å². The van der Waals surface area contributed by atoms with Crippen LogP contribution in [0.2, 0.25) is 0 Å². The van der Waals surface area contributed by atoms with Gasteiger partial charge in [0.15, 0.2) is 0 Å². The number of fused-ring (bicyclic) bond motifs is 1. The molecule has 1 unspecified atom stereocenters. The average molecular weight is 439 g/mol. The third kappa shape index (κ3) is 5.22. The quantitative estimate of drug-likeness (QED) is 0.551. The van der Waals surface area contributed by atoms with Crippen molar-refractivity contribution in [2.45, 2.75) is 23.9 Å². The molecule has 0 bridgehead atoms. The Balaban J connectivity index is 1.36. The highest BCUT2D eigenvalue weighted by molar-refractivity contribution is 7.89. The molecule has 160 valence electrons. The van der Waals surface area contributed by atoms with Crippen molar-refractivity contribution in [2.75, 3.05) is 6.61 Å². The van der Waals surface area contributed by atoms with Crippen LogP contribution >= 0.6 is 0 Å². The van der Waals surface area contributed by atoms with Gasteiger partial charge in [-0.2, -0.15) is 0 Å². The van der Waals surface area contributed by atoms with E-state index < -0.39 is 10.0 Å². The molecular weight excluding hydrogens is 416 g/mol. The Morgan fingerprint density at radius 3 is 2.65 bits per heavy atom.